The first-order chi connectivity index (χ1) is 9.24. The number of rotatable bonds is 5. The summed E-state index contributed by atoms with van der Waals surface area (Å²) >= 11 is 0. The lowest BCUT2D eigenvalue weighted by Crippen LogP contribution is -2.47. The highest BCUT2D eigenvalue weighted by Crippen LogP contribution is 2.19. The van der Waals surface area contributed by atoms with E-state index < -0.39 is 16.1 Å². The van der Waals surface area contributed by atoms with Crippen LogP contribution in [0.3, 0.4) is 0 Å². The molecule has 7 heteroatoms. The molecule has 1 aliphatic heterocycles. The Morgan fingerprint density at radius 2 is 2.15 bits per heavy atom. The molecule has 1 N–H and O–H groups in total. The van der Waals surface area contributed by atoms with E-state index in [9.17, 15) is 13.2 Å². The topological polar surface area (TPSA) is 90.3 Å². The number of carbonyl (C=O) groups is 1. The molecule has 0 radical (unpaired) electrons. The van der Waals surface area contributed by atoms with Gasteiger partial charge in [-0.3, -0.25) is 4.79 Å². The second kappa shape index (κ2) is 7.04. The van der Waals surface area contributed by atoms with Gasteiger partial charge < -0.3 is 5.32 Å². The lowest BCUT2D eigenvalue weighted by molar-refractivity contribution is -0.126. The number of nitrogens with zero attached hydrogens (tertiary/aromatic N) is 2. The van der Waals surface area contributed by atoms with Gasteiger partial charge in [0.2, 0.25) is 15.9 Å². The maximum absolute atomic E-state index is 12.1. The summed E-state index contributed by atoms with van der Waals surface area (Å²) in [5.41, 5.74) is 0. The first-order valence-electron chi connectivity index (χ1n) is 6.89. The van der Waals surface area contributed by atoms with E-state index >= 15 is 0 Å². The summed E-state index contributed by atoms with van der Waals surface area (Å²) in [6.45, 7) is 4.66. The first kappa shape index (κ1) is 16.9. The van der Waals surface area contributed by atoms with Crippen molar-refractivity contribution in [2.75, 3.05) is 19.3 Å². The highest BCUT2D eigenvalue weighted by atomic mass is 32.2. The molecule has 1 fully saturated rings. The van der Waals surface area contributed by atoms with Gasteiger partial charge in [-0.1, -0.05) is 13.8 Å². The molecule has 0 spiro atoms. The molecule has 1 saturated heterocycles. The molecular formula is C13H23N3O3S. The van der Waals surface area contributed by atoms with Crippen molar-refractivity contribution in [1.82, 2.24) is 9.62 Å². The summed E-state index contributed by atoms with van der Waals surface area (Å²) < 4.78 is 24.4. The van der Waals surface area contributed by atoms with Crippen LogP contribution in [0.15, 0.2) is 0 Å². The van der Waals surface area contributed by atoms with Crippen LogP contribution in [0.1, 0.15) is 33.1 Å². The normalized spacial score (nSPS) is 22.2. The molecule has 1 aliphatic rings. The van der Waals surface area contributed by atoms with E-state index in [1.54, 1.807) is 0 Å². The van der Waals surface area contributed by atoms with Gasteiger partial charge >= 0.3 is 0 Å². The summed E-state index contributed by atoms with van der Waals surface area (Å²) in [5.74, 6) is -0.258. The predicted molar refractivity (Wildman–Crippen MR) is 76.1 cm³/mol. The maximum atomic E-state index is 12.1. The average molecular weight is 301 g/mol. The highest BCUT2D eigenvalue weighted by Gasteiger charge is 2.31. The quantitative estimate of drug-likeness (QED) is 0.810. The minimum atomic E-state index is -3.26. The third kappa shape index (κ3) is 5.10. The van der Waals surface area contributed by atoms with Gasteiger partial charge in [-0.2, -0.15) is 5.26 Å². The van der Waals surface area contributed by atoms with Gasteiger partial charge in [-0.15, -0.1) is 0 Å². The van der Waals surface area contributed by atoms with Crippen molar-refractivity contribution in [3.63, 3.8) is 0 Å². The zero-order valence-corrected chi connectivity index (χ0v) is 13.1. The number of nitriles is 1. The second-order valence-corrected chi connectivity index (χ2v) is 7.76. The van der Waals surface area contributed by atoms with E-state index in [2.05, 4.69) is 11.4 Å². The molecule has 1 rings (SSSR count). The van der Waals surface area contributed by atoms with Crippen LogP contribution in [0, 0.1) is 23.2 Å². The Morgan fingerprint density at radius 1 is 1.50 bits per heavy atom. The highest BCUT2D eigenvalue weighted by molar-refractivity contribution is 7.88. The van der Waals surface area contributed by atoms with Crippen molar-refractivity contribution < 1.29 is 13.2 Å². The Morgan fingerprint density at radius 3 is 2.65 bits per heavy atom. The maximum Gasteiger partial charge on any atom is 0.225 e. The fourth-order valence-electron chi connectivity index (χ4n) is 2.36. The molecule has 0 bridgehead atoms. The van der Waals surface area contributed by atoms with Crippen LogP contribution < -0.4 is 5.32 Å². The van der Waals surface area contributed by atoms with Crippen molar-refractivity contribution in [3.05, 3.63) is 0 Å². The summed E-state index contributed by atoms with van der Waals surface area (Å²) in [6.07, 6.45) is 3.10. The first-order valence-corrected chi connectivity index (χ1v) is 8.74. The van der Waals surface area contributed by atoms with Crippen LogP contribution in [-0.4, -0.2) is 44.0 Å². The number of carbonyl (C=O) groups excluding carboxylic acids is 1. The number of hydrogen-bond acceptors (Lipinski definition) is 4. The molecule has 0 aromatic rings. The number of hydrogen-bond donors (Lipinski definition) is 1. The van der Waals surface area contributed by atoms with Crippen molar-refractivity contribution in [2.24, 2.45) is 11.8 Å². The van der Waals surface area contributed by atoms with Gasteiger partial charge in [0.05, 0.1) is 18.2 Å². The van der Waals surface area contributed by atoms with Crippen LogP contribution in [0.4, 0.5) is 0 Å². The van der Waals surface area contributed by atoms with Crippen molar-refractivity contribution in [2.45, 2.75) is 39.2 Å². The summed E-state index contributed by atoms with van der Waals surface area (Å²) in [5, 5.41) is 11.8. The van der Waals surface area contributed by atoms with Crippen LogP contribution in [0.25, 0.3) is 0 Å². The molecule has 114 valence electrons. The van der Waals surface area contributed by atoms with E-state index in [1.165, 1.54) is 4.31 Å². The van der Waals surface area contributed by atoms with Crippen LogP contribution >= 0.6 is 0 Å². The average Bonchev–Trinajstić information content (AvgIpc) is 2.36. The number of nitrogens with one attached hydrogen (secondary N) is 1. The summed E-state index contributed by atoms with van der Waals surface area (Å²) in [7, 11) is -3.26. The van der Waals surface area contributed by atoms with Crippen LogP contribution in [0.5, 0.6) is 0 Å². The minimum Gasteiger partial charge on any atom is -0.340 e. The van der Waals surface area contributed by atoms with E-state index in [1.807, 2.05) is 13.8 Å². The molecular weight excluding hydrogens is 278 g/mol. The van der Waals surface area contributed by atoms with Gasteiger partial charge in [-0.25, -0.2) is 12.7 Å². The van der Waals surface area contributed by atoms with Crippen molar-refractivity contribution in [1.29, 1.82) is 5.26 Å². The van der Waals surface area contributed by atoms with Gasteiger partial charge in [0.25, 0.3) is 0 Å². The molecule has 0 aromatic heterocycles. The van der Waals surface area contributed by atoms with Gasteiger partial charge in [0, 0.05) is 13.1 Å². The van der Waals surface area contributed by atoms with Crippen LogP contribution in [-0.2, 0) is 14.8 Å². The number of sulfonamides is 1. The SMILES string of the molecule is CC(C)C[C@H](C#N)NC(=O)[C@@H]1CCCN(S(C)(=O)=O)C1. The van der Waals surface area contributed by atoms with E-state index in [-0.39, 0.29) is 18.4 Å². The molecule has 0 aromatic carbocycles. The monoisotopic (exact) mass is 301 g/mol. The van der Waals surface area contributed by atoms with Crippen LogP contribution in [0.2, 0.25) is 0 Å². The fourth-order valence-corrected chi connectivity index (χ4v) is 3.27. The smallest absolute Gasteiger partial charge is 0.225 e. The van der Waals surface area contributed by atoms with Crippen molar-refractivity contribution in [3.8, 4) is 6.07 Å². The molecule has 20 heavy (non-hydrogen) atoms. The molecule has 6 nitrogen and oxygen atoms in total. The van der Waals surface area contributed by atoms with E-state index in [0.29, 0.717) is 31.7 Å². The van der Waals surface area contributed by atoms with E-state index in [4.69, 9.17) is 5.26 Å². The fraction of sp³-hybridized carbons (Fsp3) is 0.846. The molecule has 1 amide bonds. The zero-order chi connectivity index (χ0) is 15.3. The summed E-state index contributed by atoms with van der Waals surface area (Å²) in [6, 6.07) is 1.58. The zero-order valence-electron chi connectivity index (χ0n) is 12.3. The third-order valence-corrected chi connectivity index (χ3v) is 4.67. The molecule has 1 heterocycles. The Labute approximate surface area is 121 Å². The summed E-state index contributed by atoms with van der Waals surface area (Å²) in [4.78, 5) is 12.1. The van der Waals surface area contributed by atoms with Crippen molar-refractivity contribution >= 4 is 15.9 Å². The molecule has 0 aliphatic carbocycles. The van der Waals surface area contributed by atoms with Gasteiger partial charge in [0.15, 0.2) is 0 Å². The Hall–Kier alpha value is -1.13. The largest absolute Gasteiger partial charge is 0.340 e. The standard InChI is InChI=1S/C13H23N3O3S/c1-10(2)7-12(8-14)15-13(17)11-5-4-6-16(9-11)20(3,18)19/h10-12H,4-7,9H2,1-3H3,(H,15,17)/t11-,12-/m1/s1. The molecule has 0 unspecified atom stereocenters. The van der Waals surface area contributed by atoms with E-state index in [0.717, 1.165) is 6.26 Å². The number of amides is 1. The van der Waals surface area contributed by atoms with Gasteiger partial charge in [0.1, 0.15) is 6.04 Å². The molecule has 0 saturated carbocycles. The Kier molecular flexibility index (Phi) is 5.96. The minimum absolute atomic E-state index is 0.213. The third-order valence-electron chi connectivity index (χ3n) is 3.40. The molecule has 2 atom stereocenters. The Bertz CT molecular complexity index is 482. The predicted octanol–water partition coefficient (Wildman–Crippen LogP) is 0.712. The number of piperidine rings is 1. The Balaban J connectivity index is 2.61. The lowest BCUT2D eigenvalue weighted by atomic mass is 9.97. The lowest BCUT2D eigenvalue weighted by Gasteiger charge is -2.30. The van der Waals surface area contributed by atoms with Gasteiger partial charge in [-0.05, 0) is 25.2 Å². The second-order valence-electron chi connectivity index (χ2n) is 5.78.